The quantitative estimate of drug-likeness (QED) is 0.777. The van der Waals surface area contributed by atoms with Gasteiger partial charge in [-0.05, 0) is 25.3 Å². The van der Waals surface area contributed by atoms with Gasteiger partial charge in [-0.25, -0.2) is 0 Å². The second kappa shape index (κ2) is 4.11. The Bertz CT molecular complexity index is 302. The molecule has 1 unspecified atom stereocenters. The summed E-state index contributed by atoms with van der Waals surface area (Å²) in [5.74, 6) is 0. The van der Waals surface area contributed by atoms with Crippen LogP contribution in [-0.4, -0.2) is 22.5 Å². The van der Waals surface area contributed by atoms with E-state index in [0.717, 1.165) is 25.3 Å². The molecule has 0 saturated carbocycles. The second-order valence-corrected chi connectivity index (χ2v) is 3.82. The van der Waals surface area contributed by atoms with Gasteiger partial charge in [0, 0.05) is 19.3 Å². The van der Waals surface area contributed by atoms with E-state index in [1.807, 2.05) is 17.8 Å². The van der Waals surface area contributed by atoms with Crippen LogP contribution >= 0.6 is 0 Å². The van der Waals surface area contributed by atoms with Crippen molar-refractivity contribution in [1.82, 2.24) is 9.78 Å². The van der Waals surface area contributed by atoms with E-state index in [4.69, 9.17) is 10.5 Å². The molecule has 1 aromatic rings. The highest BCUT2D eigenvalue weighted by molar-refractivity contribution is 5.14. The molecule has 1 fully saturated rings. The molecule has 1 saturated heterocycles. The van der Waals surface area contributed by atoms with Crippen molar-refractivity contribution in [3.8, 4) is 0 Å². The number of nitrogens with zero attached hydrogens (tertiary/aromatic N) is 2. The topological polar surface area (TPSA) is 53.1 Å². The van der Waals surface area contributed by atoms with E-state index >= 15 is 0 Å². The predicted octanol–water partition coefficient (Wildman–Crippen LogP) is 0.829. The highest BCUT2D eigenvalue weighted by atomic mass is 16.5. The normalized spacial score (nSPS) is 21.7. The Morgan fingerprint density at radius 3 is 3.14 bits per heavy atom. The van der Waals surface area contributed by atoms with E-state index < -0.39 is 0 Å². The fourth-order valence-electron chi connectivity index (χ4n) is 1.85. The summed E-state index contributed by atoms with van der Waals surface area (Å²) in [5, 5.41) is 4.40. The Hall–Kier alpha value is -0.870. The molecule has 2 N–H and O–H groups in total. The number of aryl methyl sites for hydroxylation is 1. The van der Waals surface area contributed by atoms with Gasteiger partial charge in [-0.3, -0.25) is 4.68 Å². The Morgan fingerprint density at radius 1 is 1.71 bits per heavy atom. The minimum Gasteiger partial charge on any atom is -0.376 e. The van der Waals surface area contributed by atoms with Gasteiger partial charge in [0.05, 0.1) is 18.3 Å². The van der Waals surface area contributed by atoms with Crippen molar-refractivity contribution in [3.63, 3.8) is 0 Å². The third kappa shape index (κ3) is 1.96. The molecular formula is C10H17N3O. The predicted molar refractivity (Wildman–Crippen MR) is 53.8 cm³/mol. The molecule has 2 rings (SSSR count). The van der Waals surface area contributed by atoms with Gasteiger partial charge in [0.25, 0.3) is 0 Å². The molecule has 14 heavy (non-hydrogen) atoms. The van der Waals surface area contributed by atoms with Crippen molar-refractivity contribution >= 4 is 0 Å². The summed E-state index contributed by atoms with van der Waals surface area (Å²) in [6.07, 6.45) is 4.72. The maximum Gasteiger partial charge on any atom is 0.0789 e. The third-order valence-electron chi connectivity index (χ3n) is 2.66. The van der Waals surface area contributed by atoms with Crippen LogP contribution < -0.4 is 5.73 Å². The van der Waals surface area contributed by atoms with Crippen LogP contribution in [0.2, 0.25) is 0 Å². The lowest BCUT2D eigenvalue weighted by Crippen LogP contribution is -2.15. The zero-order valence-electron chi connectivity index (χ0n) is 8.57. The molecule has 1 aromatic heterocycles. The van der Waals surface area contributed by atoms with Gasteiger partial charge in [0.1, 0.15) is 0 Å². The molecule has 0 radical (unpaired) electrons. The number of nitrogens with two attached hydrogens (primary N) is 1. The monoisotopic (exact) mass is 195 g/mol. The van der Waals surface area contributed by atoms with Crippen molar-refractivity contribution in [2.24, 2.45) is 5.73 Å². The zero-order valence-corrected chi connectivity index (χ0v) is 8.57. The van der Waals surface area contributed by atoms with Crippen LogP contribution in [0, 0.1) is 6.92 Å². The first-order valence-corrected chi connectivity index (χ1v) is 5.14. The van der Waals surface area contributed by atoms with Gasteiger partial charge in [-0.2, -0.15) is 5.10 Å². The smallest absolute Gasteiger partial charge is 0.0789 e. The lowest BCUT2D eigenvalue weighted by atomic mass is 10.2. The Morgan fingerprint density at radius 2 is 2.57 bits per heavy atom. The standard InChI is InChI=1S/C10H17N3O/c1-8-6-13(12-10(8)5-11)7-9-3-2-4-14-9/h6,9H,2-5,7,11H2,1H3. The highest BCUT2D eigenvalue weighted by Crippen LogP contribution is 2.14. The van der Waals surface area contributed by atoms with E-state index in [1.54, 1.807) is 0 Å². The largest absolute Gasteiger partial charge is 0.376 e. The number of rotatable bonds is 3. The zero-order chi connectivity index (χ0) is 9.97. The van der Waals surface area contributed by atoms with Crippen LogP contribution in [0.1, 0.15) is 24.1 Å². The van der Waals surface area contributed by atoms with Crippen molar-refractivity contribution in [2.75, 3.05) is 6.61 Å². The van der Waals surface area contributed by atoms with E-state index in [2.05, 4.69) is 5.10 Å². The molecule has 1 aliphatic rings. The molecule has 2 heterocycles. The number of ether oxygens (including phenoxy) is 1. The summed E-state index contributed by atoms with van der Waals surface area (Å²) in [4.78, 5) is 0. The molecule has 0 amide bonds. The summed E-state index contributed by atoms with van der Waals surface area (Å²) in [5.41, 5.74) is 7.73. The Kier molecular flexibility index (Phi) is 2.84. The van der Waals surface area contributed by atoms with Gasteiger partial charge in [-0.15, -0.1) is 0 Å². The minimum absolute atomic E-state index is 0.347. The third-order valence-corrected chi connectivity index (χ3v) is 2.66. The van der Waals surface area contributed by atoms with Crippen molar-refractivity contribution in [3.05, 3.63) is 17.5 Å². The minimum atomic E-state index is 0.347. The summed E-state index contributed by atoms with van der Waals surface area (Å²) in [6.45, 7) is 4.32. The van der Waals surface area contributed by atoms with Crippen molar-refractivity contribution < 1.29 is 4.74 Å². The molecule has 0 spiro atoms. The van der Waals surface area contributed by atoms with Gasteiger partial charge >= 0.3 is 0 Å². The fraction of sp³-hybridized carbons (Fsp3) is 0.700. The van der Waals surface area contributed by atoms with E-state index in [0.29, 0.717) is 12.6 Å². The first-order chi connectivity index (χ1) is 6.79. The number of aromatic nitrogens is 2. The van der Waals surface area contributed by atoms with Crippen LogP contribution in [0.25, 0.3) is 0 Å². The van der Waals surface area contributed by atoms with Gasteiger partial charge in [0.2, 0.25) is 0 Å². The number of hydrogen-bond donors (Lipinski definition) is 1. The lowest BCUT2D eigenvalue weighted by Gasteiger charge is -2.08. The molecule has 1 atom stereocenters. The Balaban J connectivity index is 2.01. The Labute approximate surface area is 84.0 Å². The molecule has 0 bridgehead atoms. The molecule has 78 valence electrons. The average molecular weight is 195 g/mol. The lowest BCUT2D eigenvalue weighted by molar-refractivity contribution is 0.0939. The first kappa shape index (κ1) is 9.68. The maximum absolute atomic E-state index is 5.57. The summed E-state index contributed by atoms with van der Waals surface area (Å²) in [7, 11) is 0. The molecule has 0 aliphatic carbocycles. The van der Waals surface area contributed by atoms with Crippen molar-refractivity contribution in [1.29, 1.82) is 0 Å². The van der Waals surface area contributed by atoms with Crippen LogP contribution in [-0.2, 0) is 17.8 Å². The second-order valence-electron chi connectivity index (χ2n) is 3.82. The molecule has 0 aromatic carbocycles. The first-order valence-electron chi connectivity index (χ1n) is 5.14. The fourth-order valence-corrected chi connectivity index (χ4v) is 1.85. The number of hydrogen-bond acceptors (Lipinski definition) is 3. The van der Waals surface area contributed by atoms with Gasteiger partial charge in [0.15, 0.2) is 0 Å². The van der Waals surface area contributed by atoms with Crippen LogP contribution in [0.4, 0.5) is 0 Å². The highest BCUT2D eigenvalue weighted by Gasteiger charge is 2.16. The van der Waals surface area contributed by atoms with Crippen LogP contribution in [0.3, 0.4) is 0 Å². The summed E-state index contributed by atoms with van der Waals surface area (Å²) < 4.78 is 7.50. The van der Waals surface area contributed by atoms with E-state index in [-0.39, 0.29) is 0 Å². The molecule has 1 aliphatic heterocycles. The van der Waals surface area contributed by atoms with E-state index in [1.165, 1.54) is 12.0 Å². The summed E-state index contributed by atoms with van der Waals surface area (Å²) >= 11 is 0. The molecular weight excluding hydrogens is 178 g/mol. The SMILES string of the molecule is Cc1cn(CC2CCCO2)nc1CN. The molecule has 4 nitrogen and oxygen atoms in total. The van der Waals surface area contributed by atoms with Crippen molar-refractivity contribution in [2.45, 2.75) is 39.0 Å². The maximum atomic E-state index is 5.57. The van der Waals surface area contributed by atoms with Crippen LogP contribution in [0.15, 0.2) is 6.20 Å². The molecule has 4 heteroatoms. The van der Waals surface area contributed by atoms with Crippen LogP contribution in [0.5, 0.6) is 0 Å². The van der Waals surface area contributed by atoms with Gasteiger partial charge in [-0.1, -0.05) is 0 Å². The summed E-state index contributed by atoms with van der Waals surface area (Å²) in [6, 6.07) is 0. The van der Waals surface area contributed by atoms with Gasteiger partial charge < -0.3 is 10.5 Å². The average Bonchev–Trinajstić information content (AvgIpc) is 2.76. The van der Waals surface area contributed by atoms with E-state index in [9.17, 15) is 0 Å².